The molecule has 0 aliphatic rings. The van der Waals surface area contributed by atoms with E-state index in [1.54, 1.807) is 6.20 Å². The molecule has 27 heavy (non-hydrogen) atoms. The Morgan fingerprint density at radius 3 is 2.30 bits per heavy atom. The molecule has 0 saturated carbocycles. The van der Waals surface area contributed by atoms with E-state index in [4.69, 9.17) is 0 Å². The van der Waals surface area contributed by atoms with Crippen molar-refractivity contribution in [2.24, 2.45) is 0 Å². The minimum absolute atomic E-state index is 0.0189. The summed E-state index contributed by atoms with van der Waals surface area (Å²) in [4.78, 5) is 17.0. The molecule has 6 heteroatoms. The highest BCUT2D eigenvalue weighted by molar-refractivity contribution is 8.00. The Morgan fingerprint density at radius 2 is 1.70 bits per heavy atom. The van der Waals surface area contributed by atoms with Crippen molar-refractivity contribution in [3.05, 3.63) is 72.4 Å². The van der Waals surface area contributed by atoms with Gasteiger partial charge in [-0.1, -0.05) is 79.3 Å². The van der Waals surface area contributed by atoms with Gasteiger partial charge in [0.2, 0.25) is 11.1 Å². The van der Waals surface area contributed by atoms with Crippen molar-refractivity contribution in [3.63, 3.8) is 0 Å². The van der Waals surface area contributed by atoms with Gasteiger partial charge in [0.1, 0.15) is 5.69 Å². The van der Waals surface area contributed by atoms with Crippen molar-refractivity contribution in [3.8, 4) is 11.3 Å². The van der Waals surface area contributed by atoms with E-state index >= 15 is 0 Å². The van der Waals surface area contributed by atoms with Crippen LogP contribution in [0, 0.1) is 0 Å². The lowest BCUT2D eigenvalue weighted by Crippen LogP contribution is -2.34. The van der Waals surface area contributed by atoms with Crippen LogP contribution in [0.4, 0.5) is 0 Å². The highest BCUT2D eigenvalue weighted by atomic mass is 32.2. The summed E-state index contributed by atoms with van der Waals surface area (Å²) < 4.78 is 0. The number of hydrogen-bond donors (Lipinski definition) is 1. The maximum absolute atomic E-state index is 12.6. The number of carbonyl (C=O) groups is 1. The van der Waals surface area contributed by atoms with Crippen molar-refractivity contribution in [2.75, 3.05) is 0 Å². The molecule has 1 amide bonds. The van der Waals surface area contributed by atoms with E-state index in [1.807, 2.05) is 74.5 Å². The summed E-state index contributed by atoms with van der Waals surface area (Å²) in [7, 11) is 0. The zero-order valence-electron chi connectivity index (χ0n) is 15.4. The van der Waals surface area contributed by atoms with Gasteiger partial charge in [0.05, 0.1) is 17.5 Å². The van der Waals surface area contributed by atoms with Gasteiger partial charge in [-0.05, 0) is 18.9 Å². The van der Waals surface area contributed by atoms with Crippen molar-refractivity contribution in [2.45, 2.75) is 36.7 Å². The van der Waals surface area contributed by atoms with Crippen LogP contribution in [0.5, 0.6) is 0 Å². The summed E-state index contributed by atoms with van der Waals surface area (Å²) >= 11 is 1.34. The number of hydrogen-bond acceptors (Lipinski definition) is 5. The summed E-state index contributed by atoms with van der Waals surface area (Å²) in [5, 5.41) is 11.7. The molecule has 2 aromatic carbocycles. The molecule has 1 heterocycles. The molecule has 3 rings (SSSR count). The van der Waals surface area contributed by atoms with Crippen LogP contribution in [0.25, 0.3) is 11.3 Å². The SMILES string of the molecule is CC[C@@H](Sc1ncc(-c2ccccc2)nn1)C(=O)N[C@@H](C)c1ccccc1. The molecule has 0 bridgehead atoms. The van der Waals surface area contributed by atoms with E-state index in [0.29, 0.717) is 11.6 Å². The summed E-state index contributed by atoms with van der Waals surface area (Å²) in [5.74, 6) is -0.0189. The molecule has 0 aliphatic carbocycles. The Morgan fingerprint density at radius 1 is 1.04 bits per heavy atom. The van der Waals surface area contributed by atoms with Crippen LogP contribution in [0.3, 0.4) is 0 Å². The molecular weight excluding hydrogens is 356 g/mol. The third-order valence-corrected chi connectivity index (χ3v) is 5.41. The van der Waals surface area contributed by atoms with Crippen LogP contribution in [0.15, 0.2) is 72.0 Å². The standard InChI is InChI=1S/C21H22N4OS/c1-3-19(20(26)23-15(2)16-10-6-4-7-11-16)27-21-22-14-18(24-25-21)17-12-8-5-9-13-17/h4-15,19H,3H2,1-2H3,(H,23,26)/t15-,19+/m0/s1. The Bertz CT molecular complexity index is 856. The smallest absolute Gasteiger partial charge is 0.234 e. The van der Waals surface area contributed by atoms with Crippen molar-refractivity contribution >= 4 is 17.7 Å². The van der Waals surface area contributed by atoms with Crippen molar-refractivity contribution < 1.29 is 4.79 Å². The molecule has 5 nitrogen and oxygen atoms in total. The molecule has 2 atom stereocenters. The highest BCUT2D eigenvalue weighted by Gasteiger charge is 2.21. The number of benzene rings is 2. The van der Waals surface area contributed by atoms with Crippen LogP contribution in [-0.4, -0.2) is 26.3 Å². The van der Waals surface area contributed by atoms with Gasteiger partial charge in [-0.3, -0.25) is 4.79 Å². The average Bonchev–Trinajstić information content (AvgIpc) is 2.73. The van der Waals surface area contributed by atoms with E-state index in [1.165, 1.54) is 11.8 Å². The molecule has 1 N–H and O–H groups in total. The number of rotatable bonds is 7. The zero-order chi connectivity index (χ0) is 19.1. The number of nitrogens with zero attached hydrogens (tertiary/aromatic N) is 3. The van der Waals surface area contributed by atoms with E-state index in [0.717, 1.165) is 16.8 Å². The fourth-order valence-electron chi connectivity index (χ4n) is 2.64. The van der Waals surface area contributed by atoms with Gasteiger partial charge in [-0.25, -0.2) is 4.98 Å². The first kappa shape index (κ1) is 19.0. The molecule has 0 fully saturated rings. The summed E-state index contributed by atoms with van der Waals surface area (Å²) in [6, 6.07) is 19.7. The monoisotopic (exact) mass is 378 g/mol. The third kappa shape index (κ3) is 5.14. The lowest BCUT2D eigenvalue weighted by atomic mass is 10.1. The largest absolute Gasteiger partial charge is 0.349 e. The van der Waals surface area contributed by atoms with Gasteiger partial charge in [0.15, 0.2) is 0 Å². The fourth-order valence-corrected chi connectivity index (χ4v) is 3.44. The van der Waals surface area contributed by atoms with Gasteiger partial charge < -0.3 is 5.32 Å². The van der Waals surface area contributed by atoms with Crippen molar-refractivity contribution in [1.82, 2.24) is 20.5 Å². The van der Waals surface area contributed by atoms with Crippen LogP contribution < -0.4 is 5.32 Å². The second kappa shape index (κ2) is 9.28. The van der Waals surface area contributed by atoms with Gasteiger partial charge in [-0.2, -0.15) is 0 Å². The topological polar surface area (TPSA) is 67.8 Å². The average molecular weight is 379 g/mol. The highest BCUT2D eigenvalue weighted by Crippen LogP contribution is 2.24. The normalized spacial score (nSPS) is 13.0. The van der Waals surface area contributed by atoms with E-state index in [2.05, 4.69) is 20.5 Å². The predicted molar refractivity (Wildman–Crippen MR) is 108 cm³/mol. The number of thioether (sulfide) groups is 1. The number of carbonyl (C=O) groups excluding carboxylic acids is 1. The molecule has 138 valence electrons. The van der Waals surface area contributed by atoms with E-state index in [9.17, 15) is 4.79 Å². The summed E-state index contributed by atoms with van der Waals surface area (Å²) in [5.41, 5.74) is 2.77. The lowest BCUT2D eigenvalue weighted by Gasteiger charge is -2.18. The van der Waals surface area contributed by atoms with Crippen LogP contribution >= 0.6 is 11.8 Å². The maximum Gasteiger partial charge on any atom is 0.234 e. The van der Waals surface area contributed by atoms with Crippen LogP contribution in [0.1, 0.15) is 31.9 Å². The summed E-state index contributed by atoms with van der Waals surface area (Å²) in [6.45, 7) is 3.97. The summed E-state index contributed by atoms with van der Waals surface area (Å²) in [6.07, 6.45) is 2.38. The fraction of sp³-hybridized carbons (Fsp3) is 0.238. The molecule has 0 aliphatic heterocycles. The lowest BCUT2D eigenvalue weighted by molar-refractivity contribution is -0.121. The van der Waals surface area contributed by atoms with Gasteiger partial charge in [0, 0.05) is 5.56 Å². The minimum Gasteiger partial charge on any atom is -0.349 e. The molecule has 0 saturated heterocycles. The minimum atomic E-state index is -0.263. The molecule has 3 aromatic rings. The van der Waals surface area contributed by atoms with Gasteiger partial charge in [0.25, 0.3) is 0 Å². The quantitative estimate of drug-likeness (QED) is 0.621. The second-order valence-electron chi connectivity index (χ2n) is 6.15. The van der Waals surface area contributed by atoms with E-state index < -0.39 is 0 Å². The Hall–Kier alpha value is -2.73. The Balaban J connectivity index is 1.63. The molecule has 0 spiro atoms. The van der Waals surface area contributed by atoms with Crippen LogP contribution in [0.2, 0.25) is 0 Å². The van der Waals surface area contributed by atoms with Crippen molar-refractivity contribution in [1.29, 1.82) is 0 Å². The predicted octanol–water partition coefficient (Wildman–Crippen LogP) is 4.29. The van der Waals surface area contributed by atoms with E-state index in [-0.39, 0.29) is 17.2 Å². The Kier molecular flexibility index (Phi) is 6.54. The number of amides is 1. The molecular formula is C21H22N4OS. The first-order valence-electron chi connectivity index (χ1n) is 8.94. The molecule has 1 aromatic heterocycles. The second-order valence-corrected chi connectivity index (χ2v) is 7.32. The molecule has 0 unspecified atom stereocenters. The maximum atomic E-state index is 12.6. The first-order chi connectivity index (χ1) is 13.2. The van der Waals surface area contributed by atoms with Gasteiger partial charge >= 0.3 is 0 Å². The number of aromatic nitrogens is 3. The zero-order valence-corrected chi connectivity index (χ0v) is 16.2. The number of nitrogens with one attached hydrogen (secondary N) is 1. The first-order valence-corrected chi connectivity index (χ1v) is 9.82. The third-order valence-electron chi connectivity index (χ3n) is 4.18. The molecule has 0 radical (unpaired) electrons. The van der Waals surface area contributed by atoms with Gasteiger partial charge in [-0.15, -0.1) is 10.2 Å². The Labute approximate surface area is 163 Å². The van der Waals surface area contributed by atoms with Crippen LogP contribution in [-0.2, 0) is 4.79 Å².